The van der Waals surface area contributed by atoms with Crippen LogP contribution in [0.5, 0.6) is 0 Å². The number of imidazole rings is 1. The molecule has 4 unspecified atom stereocenters. The molecule has 1 amide bonds. The summed E-state index contributed by atoms with van der Waals surface area (Å²) in [5.74, 6) is 0.237. The van der Waals surface area contributed by atoms with Crippen molar-refractivity contribution in [2.24, 2.45) is 0 Å². The number of ether oxygens (including phenoxy) is 1. The van der Waals surface area contributed by atoms with E-state index >= 15 is 0 Å². The molecule has 0 saturated carbocycles. The summed E-state index contributed by atoms with van der Waals surface area (Å²) in [7, 11) is -4.76. The first-order valence-corrected chi connectivity index (χ1v) is 10.1. The smallest absolute Gasteiger partial charge is 0.387 e. The van der Waals surface area contributed by atoms with E-state index in [4.69, 9.17) is 14.5 Å². The molecule has 4 atom stereocenters. The largest absolute Gasteiger partial charge is 0.469 e. The molecule has 0 aromatic carbocycles. The Labute approximate surface area is 164 Å². The molecule has 0 spiro atoms. The Morgan fingerprint density at radius 1 is 1.28 bits per heavy atom. The average molecular weight is 432 g/mol. The van der Waals surface area contributed by atoms with Gasteiger partial charge in [-0.1, -0.05) is 0 Å². The SMILES string of the molecule is CC(=O)NCCNc1ncnc2c1ncn2C1OC(COP(=O)(O)O)C(O)C1O. The van der Waals surface area contributed by atoms with Crippen LogP contribution >= 0.6 is 7.82 Å². The summed E-state index contributed by atoms with van der Waals surface area (Å²) in [5.41, 5.74) is 0.672. The van der Waals surface area contributed by atoms with Crippen LogP contribution in [0.1, 0.15) is 13.2 Å². The third-order valence-electron chi connectivity index (χ3n) is 4.17. The van der Waals surface area contributed by atoms with Crippen molar-refractivity contribution in [3.8, 4) is 0 Å². The minimum atomic E-state index is -4.76. The van der Waals surface area contributed by atoms with E-state index in [2.05, 4.69) is 30.1 Å². The van der Waals surface area contributed by atoms with Gasteiger partial charge in [0.2, 0.25) is 5.91 Å². The van der Waals surface area contributed by atoms with Crippen LogP contribution in [-0.2, 0) is 18.6 Å². The van der Waals surface area contributed by atoms with E-state index in [-0.39, 0.29) is 5.91 Å². The predicted octanol–water partition coefficient (Wildman–Crippen LogP) is -1.90. The van der Waals surface area contributed by atoms with Gasteiger partial charge in [-0.2, -0.15) is 0 Å². The van der Waals surface area contributed by atoms with Crippen molar-refractivity contribution >= 4 is 30.7 Å². The Morgan fingerprint density at radius 2 is 2.03 bits per heavy atom. The normalized spacial score (nSPS) is 24.7. The Balaban J connectivity index is 1.75. The number of nitrogens with zero attached hydrogens (tertiary/aromatic N) is 4. The van der Waals surface area contributed by atoms with E-state index in [1.165, 1.54) is 24.1 Å². The first kappa shape index (κ1) is 21.5. The number of aliphatic hydroxyl groups excluding tert-OH is 2. The monoisotopic (exact) mass is 432 g/mol. The fraction of sp³-hybridized carbons (Fsp3) is 0.571. The summed E-state index contributed by atoms with van der Waals surface area (Å²) in [6.45, 7) is 1.56. The van der Waals surface area contributed by atoms with Crippen molar-refractivity contribution in [2.75, 3.05) is 25.0 Å². The number of rotatable bonds is 8. The molecule has 160 valence electrons. The van der Waals surface area contributed by atoms with E-state index in [1.807, 2.05) is 0 Å². The van der Waals surface area contributed by atoms with Crippen LogP contribution in [0.2, 0.25) is 0 Å². The van der Waals surface area contributed by atoms with Gasteiger partial charge in [0, 0.05) is 20.0 Å². The number of hydrogen-bond acceptors (Lipinski definition) is 10. The number of hydrogen-bond donors (Lipinski definition) is 6. The van der Waals surface area contributed by atoms with Gasteiger partial charge in [-0.25, -0.2) is 19.5 Å². The number of aliphatic hydroxyl groups is 2. The molecule has 3 heterocycles. The topological polar surface area (TPSA) is 201 Å². The lowest BCUT2D eigenvalue weighted by molar-refractivity contribution is -0.118. The molecular weight excluding hydrogens is 411 g/mol. The quantitative estimate of drug-likeness (QED) is 0.200. The average Bonchev–Trinajstić information content (AvgIpc) is 3.19. The third-order valence-corrected chi connectivity index (χ3v) is 4.65. The van der Waals surface area contributed by atoms with Gasteiger partial charge in [-0.05, 0) is 0 Å². The van der Waals surface area contributed by atoms with Gasteiger partial charge in [0.25, 0.3) is 0 Å². The molecular formula is C14H21N6O8P. The molecule has 3 rings (SSSR count). The summed E-state index contributed by atoms with van der Waals surface area (Å²) in [4.78, 5) is 40.9. The molecule has 0 bridgehead atoms. The molecule has 1 aliphatic heterocycles. The van der Waals surface area contributed by atoms with Crippen LogP contribution in [0.3, 0.4) is 0 Å². The lowest BCUT2D eigenvalue weighted by Crippen LogP contribution is -2.33. The highest BCUT2D eigenvalue weighted by Gasteiger charge is 2.45. The Morgan fingerprint density at radius 3 is 2.72 bits per heavy atom. The van der Waals surface area contributed by atoms with Crippen molar-refractivity contribution in [1.82, 2.24) is 24.8 Å². The zero-order valence-electron chi connectivity index (χ0n) is 15.2. The highest BCUT2D eigenvalue weighted by atomic mass is 31.2. The summed E-state index contributed by atoms with van der Waals surface area (Å²) in [6, 6.07) is 0. The molecule has 2 aromatic heterocycles. The van der Waals surface area contributed by atoms with Gasteiger partial charge in [-0.3, -0.25) is 13.9 Å². The second-order valence-corrected chi connectivity index (χ2v) is 7.53. The van der Waals surface area contributed by atoms with Gasteiger partial charge in [-0.15, -0.1) is 0 Å². The second-order valence-electron chi connectivity index (χ2n) is 6.29. The number of nitrogens with one attached hydrogen (secondary N) is 2. The number of aromatic nitrogens is 4. The van der Waals surface area contributed by atoms with Crippen molar-refractivity contribution in [3.05, 3.63) is 12.7 Å². The Hall–Kier alpha value is -2.19. The lowest BCUT2D eigenvalue weighted by Gasteiger charge is -2.16. The zero-order chi connectivity index (χ0) is 21.2. The summed E-state index contributed by atoms with van der Waals surface area (Å²) >= 11 is 0. The molecule has 14 nitrogen and oxygen atoms in total. The van der Waals surface area contributed by atoms with Crippen LogP contribution in [0.25, 0.3) is 11.2 Å². The number of phosphoric ester groups is 1. The molecule has 6 N–H and O–H groups in total. The van der Waals surface area contributed by atoms with E-state index < -0.39 is 39.0 Å². The number of phosphoric acid groups is 1. The number of anilines is 1. The van der Waals surface area contributed by atoms with Crippen molar-refractivity contribution in [1.29, 1.82) is 0 Å². The van der Waals surface area contributed by atoms with Crippen LogP contribution in [0, 0.1) is 0 Å². The molecule has 0 radical (unpaired) electrons. The second kappa shape index (κ2) is 8.67. The van der Waals surface area contributed by atoms with Gasteiger partial charge in [0.15, 0.2) is 23.2 Å². The summed E-state index contributed by atoms with van der Waals surface area (Å²) in [6.07, 6.45) is -2.52. The minimum Gasteiger partial charge on any atom is -0.387 e. The molecule has 29 heavy (non-hydrogen) atoms. The molecule has 1 fully saturated rings. The van der Waals surface area contributed by atoms with Crippen LogP contribution in [0.15, 0.2) is 12.7 Å². The molecule has 1 saturated heterocycles. The van der Waals surface area contributed by atoms with E-state index in [9.17, 15) is 19.6 Å². The zero-order valence-corrected chi connectivity index (χ0v) is 16.1. The molecule has 2 aromatic rings. The first-order chi connectivity index (χ1) is 13.7. The summed E-state index contributed by atoms with van der Waals surface area (Å²) in [5, 5.41) is 26.1. The summed E-state index contributed by atoms with van der Waals surface area (Å²) < 4.78 is 22.1. The van der Waals surface area contributed by atoms with Crippen molar-refractivity contribution in [2.45, 2.75) is 31.5 Å². The Kier molecular flexibility index (Phi) is 6.43. The van der Waals surface area contributed by atoms with Gasteiger partial charge < -0.3 is 35.4 Å². The van der Waals surface area contributed by atoms with E-state index in [1.54, 1.807) is 0 Å². The van der Waals surface area contributed by atoms with E-state index in [0.717, 1.165) is 0 Å². The van der Waals surface area contributed by atoms with Crippen LogP contribution in [0.4, 0.5) is 5.82 Å². The predicted molar refractivity (Wildman–Crippen MR) is 96.4 cm³/mol. The number of amides is 1. The van der Waals surface area contributed by atoms with Crippen LogP contribution in [-0.4, -0.2) is 83.4 Å². The standard InChI is InChI=1S/C14H21N6O8P/c1-7(21)15-2-3-16-12-9-13(18-5-17-12)20(6-19-9)14-11(23)10(22)8(28-14)4-27-29(24,25)26/h5-6,8,10-11,14,22-23H,2-4H2,1H3,(H,15,21)(H,16,17,18)(H2,24,25,26). The number of carbonyl (C=O) groups excluding carboxylic acids is 1. The molecule has 1 aliphatic rings. The highest BCUT2D eigenvalue weighted by Crippen LogP contribution is 2.38. The maximum atomic E-state index is 10.9. The van der Waals surface area contributed by atoms with Crippen molar-refractivity contribution in [3.63, 3.8) is 0 Å². The van der Waals surface area contributed by atoms with Crippen LogP contribution < -0.4 is 10.6 Å². The Bertz CT molecular complexity index is 919. The van der Waals surface area contributed by atoms with Gasteiger partial charge in [0.1, 0.15) is 24.6 Å². The fourth-order valence-corrected chi connectivity index (χ4v) is 3.20. The first-order valence-electron chi connectivity index (χ1n) is 8.55. The minimum absolute atomic E-state index is 0.160. The van der Waals surface area contributed by atoms with Gasteiger partial charge in [0.05, 0.1) is 12.9 Å². The van der Waals surface area contributed by atoms with Gasteiger partial charge >= 0.3 is 7.82 Å². The number of fused-ring (bicyclic) bond motifs is 1. The maximum absolute atomic E-state index is 10.9. The van der Waals surface area contributed by atoms with E-state index in [0.29, 0.717) is 30.1 Å². The third kappa shape index (κ3) is 5.05. The highest BCUT2D eigenvalue weighted by molar-refractivity contribution is 7.46. The number of carbonyl (C=O) groups is 1. The van der Waals surface area contributed by atoms with Crippen molar-refractivity contribution < 1.29 is 38.6 Å². The molecule has 15 heteroatoms. The molecule has 0 aliphatic carbocycles. The maximum Gasteiger partial charge on any atom is 0.469 e. The fourth-order valence-electron chi connectivity index (χ4n) is 2.85. The lowest BCUT2D eigenvalue weighted by atomic mass is 10.1.